The van der Waals surface area contributed by atoms with Crippen LogP contribution < -0.4 is 10.6 Å². The Kier molecular flexibility index (Phi) is 3.50. The second-order valence-electron chi connectivity index (χ2n) is 3.43. The van der Waals surface area contributed by atoms with Gasteiger partial charge < -0.3 is 9.84 Å². The van der Waals surface area contributed by atoms with E-state index in [1.165, 1.54) is 23.7 Å². The minimum Gasteiger partial charge on any atom is -0.364 e. The molecule has 1 amide bonds. The van der Waals surface area contributed by atoms with Gasteiger partial charge in [0.2, 0.25) is 0 Å². The molecule has 0 aliphatic rings. The second-order valence-corrected chi connectivity index (χ2v) is 4.28. The second kappa shape index (κ2) is 5.07. The standard InChI is InChI=1S/C10H12N4O2S/c1-6(11-2)8-5-17-10(12-8)13-9(15)7-3-4-16-14-7/h3-6,11H,1-2H3,(H,12,13,15). The molecule has 0 saturated carbocycles. The Morgan fingerprint density at radius 2 is 2.41 bits per heavy atom. The third-order valence-electron chi connectivity index (χ3n) is 2.29. The van der Waals surface area contributed by atoms with Crippen LogP contribution >= 0.6 is 11.3 Å². The van der Waals surface area contributed by atoms with Gasteiger partial charge in [-0.3, -0.25) is 10.1 Å². The molecule has 0 aromatic carbocycles. The predicted molar refractivity (Wildman–Crippen MR) is 64.0 cm³/mol. The van der Waals surface area contributed by atoms with Crippen LogP contribution in [0, 0.1) is 0 Å². The van der Waals surface area contributed by atoms with Gasteiger partial charge in [-0.25, -0.2) is 4.98 Å². The molecule has 0 bridgehead atoms. The van der Waals surface area contributed by atoms with Crippen molar-refractivity contribution in [2.45, 2.75) is 13.0 Å². The highest BCUT2D eigenvalue weighted by molar-refractivity contribution is 7.14. The van der Waals surface area contributed by atoms with E-state index in [4.69, 9.17) is 0 Å². The summed E-state index contributed by atoms with van der Waals surface area (Å²) in [7, 11) is 1.86. The number of aromatic nitrogens is 2. The number of nitrogens with one attached hydrogen (secondary N) is 2. The van der Waals surface area contributed by atoms with Gasteiger partial charge in [0.1, 0.15) is 6.26 Å². The molecule has 2 aromatic heterocycles. The van der Waals surface area contributed by atoms with Gasteiger partial charge in [-0.1, -0.05) is 5.16 Å². The van der Waals surface area contributed by atoms with Crippen molar-refractivity contribution in [2.24, 2.45) is 0 Å². The number of rotatable bonds is 4. The van der Waals surface area contributed by atoms with Gasteiger partial charge in [0.25, 0.3) is 5.91 Å². The van der Waals surface area contributed by atoms with Gasteiger partial charge in [0.05, 0.1) is 5.69 Å². The average molecular weight is 252 g/mol. The molecule has 1 atom stereocenters. The van der Waals surface area contributed by atoms with Crippen LogP contribution in [-0.2, 0) is 0 Å². The predicted octanol–water partition coefficient (Wildman–Crippen LogP) is 1.66. The molecule has 2 rings (SSSR count). The Bertz CT molecular complexity index is 494. The summed E-state index contributed by atoms with van der Waals surface area (Å²) in [6.07, 6.45) is 1.35. The number of hydrogen-bond acceptors (Lipinski definition) is 6. The van der Waals surface area contributed by atoms with Crippen LogP contribution in [-0.4, -0.2) is 23.1 Å². The summed E-state index contributed by atoms with van der Waals surface area (Å²) >= 11 is 1.38. The van der Waals surface area contributed by atoms with Gasteiger partial charge in [0, 0.05) is 17.5 Å². The Labute approximate surface area is 102 Å². The van der Waals surface area contributed by atoms with Crippen molar-refractivity contribution >= 4 is 22.4 Å². The highest BCUT2D eigenvalue weighted by atomic mass is 32.1. The molecule has 0 radical (unpaired) electrons. The Balaban J connectivity index is 2.04. The van der Waals surface area contributed by atoms with Crippen molar-refractivity contribution in [3.8, 4) is 0 Å². The normalized spacial score (nSPS) is 12.4. The average Bonchev–Trinajstić information content (AvgIpc) is 2.98. The minimum atomic E-state index is -0.322. The molecule has 1 unspecified atom stereocenters. The molecule has 0 fully saturated rings. The molecule has 2 heterocycles. The Hall–Kier alpha value is -1.73. The molecule has 7 heteroatoms. The van der Waals surface area contributed by atoms with E-state index in [0.29, 0.717) is 5.13 Å². The molecule has 0 spiro atoms. The smallest absolute Gasteiger partial charge is 0.279 e. The van der Waals surface area contributed by atoms with Crippen LogP contribution in [0.2, 0.25) is 0 Å². The van der Waals surface area contributed by atoms with E-state index in [1.54, 1.807) is 0 Å². The van der Waals surface area contributed by atoms with Crippen LogP contribution in [0.1, 0.15) is 29.1 Å². The maximum atomic E-state index is 11.6. The lowest BCUT2D eigenvalue weighted by molar-refractivity contribution is 0.101. The van der Waals surface area contributed by atoms with E-state index >= 15 is 0 Å². The molecule has 0 aliphatic carbocycles. The lowest BCUT2D eigenvalue weighted by atomic mass is 10.3. The van der Waals surface area contributed by atoms with E-state index in [0.717, 1.165) is 5.69 Å². The molecule has 90 valence electrons. The minimum absolute atomic E-state index is 0.156. The zero-order valence-corrected chi connectivity index (χ0v) is 10.2. The van der Waals surface area contributed by atoms with Crippen molar-refractivity contribution in [1.29, 1.82) is 0 Å². The van der Waals surface area contributed by atoms with Crippen molar-refractivity contribution in [1.82, 2.24) is 15.5 Å². The Morgan fingerprint density at radius 1 is 1.59 bits per heavy atom. The maximum Gasteiger partial charge on any atom is 0.279 e. The summed E-state index contributed by atoms with van der Waals surface area (Å²) in [6.45, 7) is 2.00. The zero-order valence-electron chi connectivity index (χ0n) is 9.43. The summed E-state index contributed by atoms with van der Waals surface area (Å²) in [5.41, 5.74) is 1.14. The van der Waals surface area contributed by atoms with Crippen LogP contribution in [0.15, 0.2) is 22.2 Å². The van der Waals surface area contributed by atoms with Crippen LogP contribution in [0.5, 0.6) is 0 Å². The van der Waals surface area contributed by atoms with Crippen LogP contribution in [0.4, 0.5) is 5.13 Å². The summed E-state index contributed by atoms with van der Waals surface area (Å²) in [6, 6.07) is 1.66. The lowest BCUT2D eigenvalue weighted by Crippen LogP contribution is -2.14. The molecule has 17 heavy (non-hydrogen) atoms. The number of hydrogen-bond donors (Lipinski definition) is 2. The SMILES string of the molecule is CNC(C)c1csc(NC(=O)c2ccon2)n1. The Morgan fingerprint density at radius 3 is 3.06 bits per heavy atom. The molecule has 0 aliphatic heterocycles. The first-order valence-corrected chi connectivity index (χ1v) is 5.93. The fourth-order valence-corrected chi connectivity index (χ4v) is 1.98. The highest BCUT2D eigenvalue weighted by Gasteiger charge is 2.13. The number of amides is 1. The number of thiazole rings is 1. The van der Waals surface area contributed by atoms with E-state index in [1.807, 2.05) is 19.4 Å². The van der Waals surface area contributed by atoms with E-state index in [2.05, 4.69) is 25.3 Å². The van der Waals surface area contributed by atoms with E-state index in [-0.39, 0.29) is 17.6 Å². The third-order valence-corrected chi connectivity index (χ3v) is 3.07. The molecule has 6 nitrogen and oxygen atoms in total. The van der Waals surface area contributed by atoms with Gasteiger partial charge >= 0.3 is 0 Å². The van der Waals surface area contributed by atoms with Gasteiger partial charge in [-0.05, 0) is 14.0 Å². The van der Waals surface area contributed by atoms with Gasteiger partial charge in [-0.15, -0.1) is 11.3 Å². The van der Waals surface area contributed by atoms with Crippen molar-refractivity contribution < 1.29 is 9.32 Å². The number of carbonyl (C=O) groups is 1. The first-order valence-electron chi connectivity index (χ1n) is 5.05. The van der Waals surface area contributed by atoms with Crippen LogP contribution in [0.3, 0.4) is 0 Å². The van der Waals surface area contributed by atoms with E-state index < -0.39 is 0 Å². The topological polar surface area (TPSA) is 80.0 Å². The third kappa shape index (κ3) is 2.69. The highest BCUT2D eigenvalue weighted by Crippen LogP contribution is 2.20. The molecular formula is C10H12N4O2S. The zero-order chi connectivity index (χ0) is 12.3. The van der Waals surface area contributed by atoms with Crippen molar-refractivity contribution in [2.75, 3.05) is 12.4 Å². The quantitative estimate of drug-likeness (QED) is 0.865. The first kappa shape index (κ1) is 11.7. The van der Waals surface area contributed by atoms with Crippen molar-refractivity contribution in [3.05, 3.63) is 29.1 Å². The first-order chi connectivity index (χ1) is 8.20. The van der Waals surface area contributed by atoms with Gasteiger partial charge in [0.15, 0.2) is 10.8 Å². The van der Waals surface area contributed by atoms with Gasteiger partial charge in [-0.2, -0.15) is 0 Å². The summed E-state index contributed by atoms with van der Waals surface area (Å²) in [5.74, 6) is -0.322. The number of anilines is 1. The lowest BCUT2D eigenvalue weighted by Gasteiger charge is -2.04. The largest absolute Gasteiger partial charge is 0.364 e. The van der Waals surface area contributed by atoms with Crippen molar-refractivity contribution in [3.63, 3.8) is 0 Å². The summed E-state index contributed by atoms with van der Waals surface area (Å²) < 4.78 is 4.60. The molecule has 0 saturated heterocycles. The monoisotopic (exact) mass is 252 g/mol. The summed E-state index contributed by atoms with van der Waals surface area (Å²) in [5, 5.41) is 11.7. The molecule has 2 N–H and O–H groups in total. The number of nitrogens with zero attached hydrogens (tertiary/aromatic N) is 2. The summed E-state index contributed by atoms with van der Waals surface area (Å²) in [4.78, 5) is 15.9. The fourth-order valence-electron chi connectivity index (χ4n) is 1.18. The number of carbonyl (C=O) groups excluding carboxylic acids is 1. The fraction of sp³-hybridized carbons (Fsp3) is 0.300. The molecular weight excluding hydrogens is 240 g/mol. The van der Waals surface area contributed by atoms with E-state index in [9.17, 15) is 4.79 Å². The molecule has 2 aromatic rings. The van der Waals surface area contributed by atoms with Crippen LogP contribution in [0.25, 0.3) is 0 Å². The maximum absolute atomic E-state index is 11.6.